The van der Waals surface area contributed by atoms with Crippen molar-refractivity contribution in [1.29, 1.82) is 0 Å². The van der Waals surface area contributed by atoms with Crippen LogP contribution >= 0.6 is 0 Å². The van der Waals surface area contributed by atoms with Gasteiger partial charge in [-0.15, -0.1) is 0 Å². The van der Waals surface area contributed by atoms with Crippen molar-refractivity contribution in [2.75, 3.05) is 27.9 Å². The molecule has 43 heavy (non-hydrogen) atoms. The number of aryl methyl sites for hydroxylation is 2. The van der Waals surface area contributed by atoms with Crippen LogP contribution in [-0.4, -0.2) is 67.6 Å². The number of piperidine rings is 1. The highest BCUT2D eigenvalue weighted by atomic mass is 16.5. The Bertz CT molecular complexity index is 1340. The molecule has 1 aliphatic rings. The summed E-state index contributed by atoms with van der Waals surface area (Å²) in [5.41, 5.74) is 2.39. The predicted octanol–water partition coefficient (Wildman–Crippen LogP) is 5.24. The van der Waals surface area contributed by atoms with Crippen LogP contribution in [0, 0.1) is 0 Å². The van der Waals surface area contributed by atoms with E-state index in [1.54, 1.807) is 6.20 Å². The number of hydrogen-bond donors (Lipinski definition) is 0. The van der Waals surface area contributed by atoms with Crippen molar-refractivity contribution in [2.45, 2.75) is 63.5 Å². The van der Waals surface area contributed by atoms with E-state index in [9.17, 15) is 14.4 Å². The Labute approximate surface area is 253 Å². The molecular weight excluding hydrogens is 548 g/mol. The molecule has 1 unspecified atom stereocenters. The quantitative estimate of drug-likeness (QED) is 0.143. The summed E-state index contributed by atoms with van der Waals surface area (Å²) in [5.74, 6) is -1.14. The number of aromatic nitrogens is 1. The SMILES string of the molecule is COc1cc(C(=O)C(=O)N2CCCC[C@H]2C(=O)OC(CCCc2ccccc2)CCc2cccnc2)cc(OC)c1OC. The van der Waals surface area contributed by atoms with Crippen molar-refractivity contribution in [3.8, 4) is 17.2 Å². The zero-order valence-corrected chi connectivity index (χ0v) is 25.1. The Morgan fingerprint density at radius 1 is 0.884 bits per heavy atom. The first-order valence-corrected chi connectivity index (χ1v) is 14.7. The topological polar surface area (TPSA) is 104 Å². The minimum absolute atomic E-state index is 0.0902. The van der Waals surface area contributed by atoms with Gasteiger partial charge in [-0.3, -0.25) is 14.6 Å². The van der Waals surface area contributed by atoms with E-state index < -0.39 is 23.7 Å². The third kappa shape index (κ3) is 8.34. The summed E-state index contributed by atoms with van der Waals surface area (Å²) in [6, 6.07) is 16.2. The van der Waals surface area contributed by atoms with Crippen molar-refractivity contribution < 1.29 is 33.3 Å². The van der Waals surface area contributed by atoms with Crippen LogP contribution in [-0.2, 0) is 27.2 Å². The number of amides is 1. The third-order valence-corrected chi connectivity index (χ3v) is 7.75. The highest BCUT2D eigenvalue weighted by Gasteiger charge is 2.37. The van der Waals surface area contributed by atoms with Gasteiger partial charge in [0.25, 0.3) is 11.7 Å². The molecule has 2 heterocycles. The van der Waals surface area contributed by atoms with Crippen LogP contribution in [0.3, 0.4) is 0 Å². The first kappa shape index (κ1) is 31.5. The first-order chi connectivity index (χ1) is 20.9. The fraction of sp³-hybridized carbons (Fsp3) is 0.412. The molecule has 3 aromatic rings. The van der Waals surface area contributed by atoms with Crippen molar-refractivity contribution in [3.05, 3.63) is 83.7 Å². The number of benzene rings is 2. The van der Waals surface area contributed by atoms with Gasteiger partial charge in [-0.05, 0) is 80.7 Å². The van der Waals surface area contributed by atoms with Crippen molar-refractivity contribution in [1.82, 2.24) is 9.88 Å². The zero-order valence-electron chi connectivity index (χ0n) is 25.1. The lowest BCUT2D eigenvalue weighted by Gasteiger charge is -2.34. The van der Waals surface area contributed by atoms with Gasteiger partial charge in [0.2, 0.25) is 5.75 Å². The van der Waals surface area contributed by atoms with Gasteiger partial charge in [0.15, 0.2) is 11.5 Å². The number of likely N-dealkylation sites (tertiary alicyclic amines) is 1. The summed E-state index contributed by atoms with van der Waals surface area (Å²) in [5, 5.41) is 0. The van der Waals surface area contributed by atoms with E-state index in [0.717, 1.165) is 24.8 Å². The largest absolute Gasteiger partial charge is 0.493 e. The van der Waals surface area contributed by atoms with E-state index >= 15 is 0 Å². The number of ether oxygens (including phenoxy) is 4. The van der Waals surface area contributed by atoms with Gasteiger partial charge in [0.1, 0.15) is 12.1 Å². The molecule has 2 aromatic carbocycles. The van der Waals surface area contributed by atoms with E-state index in [-0.39, 0.29) is 23.2 Å². The second kappa shape index (κ2) is 15.7. The van der Waals surface area contributed by atoms with Gasteiger partial charge in [0, 0.05) is 24.5 Å². The minimum atomic E-state index is -0.831. The maximum Gasteiger partial charge on any atom is 0.329 e. The van der Waals surface area contributed by atoms with Gasteiger partial charge >= 0.3 is 5.97 Å². The number of methoxy groups -OCH3 is 3. The molecule has 0 aliphatic carbocycles. The number of nitrogens with zero attached hydrogens (tertiary/aromatic N) is 2. The summed E-state index contributed by atoms with van der Waals surface area (Å²) in [6.07, 6.45) is 8.87. The molecule has 1 aromatic heterocycles. The molecule has 0 spiro atoms. The first-order valence-electron chi connectivity index (χ1n) is 14.7. The molecule has 0 radical (unpaired) electrons. The fourth-order valence-corrected chi connectivity index (χ4v) is 5.44. The van der Waals surface area contributed by atoms with Gasteiger partial charge in [-0.2, -0.15) is 0 Å². The second-order valence-electron chi connectivity index (χ2n) is 10.6. The minimum Gasteiger partial charge on any atom is -0.493 e. The number of ketones is 1. The number of pyridine rings is 1. The Balaban J connectivity index is 1.47. The average Bonchev–Trinajstić information content (AvgIpc) is 3.06. The summed E-state index contributed by atoms with van der Waals surface area (Å²) in [4.78, 5) is 46.1. The number of rotatable bonds is 14. The molecule has 9 nitrogen and oxygen atoms in total. The van der Waals surface area contributed by atoms with Gasteiger partial charge in [0.05, 0.1) is 21.3 Å². The van der Waals surface area contributed by atoms with Crippen LogP contribution in [0.25, 0.3) is 0 Å². The lowest BCUT2D eigenvalue weighted by molar-refractivity contribution is -0.160. The molecule has 0 saturated carbocycles. The monoisotopic (exact) mass is 588 g/mol. The maximum absolute atomic E-state index is 13.6. The van der Waals surface area contributed by atoms with Gasteiger partial charge < -0.3 is 23.8 Å². The second-order valence-corrected chi connectivity index (χ2v) is 10.6. The highest BCUT2D eigenvalue weighted by Crippen LogP contribution is 2.38. The molecule has 0 N–H and O–H groups in total. The van der Waals surface area contributed by atoms with Gasteiger partial charge in [-0.25, -0.2) is 4.79 Å². The summed E-state index contributed by atoms with van der Waals surface area (Å²) < 4.78 is 22.1. The maximum atomic E-state index is 13.6. The standard InChI is InChI=1S/C34H40N2O7/c1-40-29-21-26(22-30(41-2)32(29)42-3)31(37)33(38)36-20-8-7-16-28(36)34(39)43-27(18-17-25-14-10-19-35-23-25)15-9-13-24-11-5-4-6-12-24/h4-6,10-12,14,19,21-23,27-28H,7-9,13,15-18,20H2,1-3H3/t27?,28-/m0/s1. The Morgan fingerprint density at radius 2 is 1.60 bits per heavy atom. The molecule has 228 valence electrons. The smallest absolute Gasteiger partial charge is 0.329 e. The highest BCUT2D eigenvalue weighted by molar-refractivity contribution is 6.43. The van der Waals surface area contributed by atoms with Crippen molar-refractivity contribution in [2.24, 2.45) is 0 Å². The molecule has 0 bridgehead atoms. The van der Waals surface area contributed by atoms with Crippen LogP contribution < -0.4 is 14.2 Å². The lowest BCUT2D eigenvalue weighted by atomic mass is 9.99. The molecule has 1 fully saturated rings. The fourth-order valence-electron chi connectivity index (χ4n) is 5.44. The third-order valence-electron chi connectivity index (χ3n) is 7.75. The summed E-state index contributed by atoms with van der Waals surface area (Å²) >= 11 is 0. The van der Waals surface area contributed by atoms with Crippen LogP contribution in [0.5, 0.6) is 17.2 Å². The van der Waals surface area contributed by atoms with Gasteiger partial charge in [-0.1, -0.05) is 36.4 Å². The van der Waals surface area contributed by atoms with Crippen LogP contribution in [0.1, 0.15) is 60.0 Å². The number of hydrogen-bond acceptors (Lipinski definition) is 8. The molecule has 1 amide bonds. The Morgan fingerprint density at radius 3 is 2.26 bits per heavy atom. The van der Waals surface area contributed by atoms with E-state index in [0.29, 0.717) is 44.4 Å². The molecule has 1 saturated heterocycles. The number of Topliss-reactive ketones (excluding diaryl/α,β-unsaturated/α-hetero) is 1. The number of esters is 1. The van der Waals surface area contributed by atoms with Crippen molar-refractivity contribution in [3.63, 3.8) is 0 Å². The number of carbonyl (C=O) groups is 3. The molecule has 9 heteroatoms. The average molecular weight is 589 g/mol. The zero-order chi connectivity index (χ0) is 30.6. The van der Waals surface area contributed by atoms with E-state index in [1.165, 1.54) is 43.9 Å². The summed E-state index contributed by atoms with van der Waals surface area (Å²) in [7, 11) is 4.34. The van der Waals surface area contributed by atoms with Crippen LogP contribution in [0.4, 0.5) is 0 Å². The summed E-state index contributed by atoms with van der Waals surface area (Å²) in [6.45, 7) is 0.295. The normalized spacial score (nSPS) is 15.3. The Kier molecular flexibility index (Phi) is 11.5. The Hall–Kier alpha value is -4.40. The molecule has 4 rings (SSSR count). The molecule has 1 aliphatic heterocycles. The van der Waals surface area contributed by atoms with Crippen molar-refractivity contribution >= 4 is 17.7 Å². The molecular formula is C34H40N2O7. The molecule has 2 atom stereocenters. The van der Waals surface area contributed by atoms with E-state index in [1.807, 2.05) is 36.5 Å². The van der Waals surface area contributed by atoms with Crippen LogP contribution in [0.15, 0.2) is 67.0 Å². The van der Waals surface area contributed by atoms with E-state index in [2.05, 4.69) is 17.1 Å². The number of carbonyl (C=O) groups excluding carboxylic acids is 3. The van der Waals surface area contributed by atoms with Crippen LogP contribution in [0.2, 0.25) is 0 Å². The lowest BCUT2D eigenvalue weighted by Crippen LogP contribution is -2.51. The predicted molar refractivity (Wildman–Crippen MR) is 162 cm³/mol. The van der Waals surface area contributed by atoms with E-state index in [4.69, 9.17) is 18.9 Å².